The molecule has 0 radical (unpaired) electrons. The Bertz CT molecular complexity index is 668. The molecule has 1 aromatic carbocycles. The van der Waals surface area contributed by atoms with Gasteiger partial charge in [-0.05, 0) is 12.1 Å². The smallest absolute Gasteiger partial charge is 0.337 e. The number of para-hydroxylation sites is 1. The lowest BCUT2D eigenvalue weighted by Gasteiger charge is -2.00. The van der Waals surface area contributed by atoms with Crippen LogP contribution in [0, 0.1) is 0 Å². The van der Waals surface area contributed by atoms with E-state index in [2.05, 4.69) is 0 Å². The Morgan fingerprint density at radius 1 is 1.20 bits per heavy atom. The molecule has 0 aliphatic heterocycles. The summed E-state index contributed by atoms with van der Waals surface area (Å²) in [6.07, 6.45) is 0. The maximum atomic E-state index is 11.0. The van der Waals surface area contributed by atoms with Crippen LogP contribution < -0.4 is 5.63 Å². The van der Waals surface area contributed by atoms with Gasteiger partial charge in [0.15, 0.2) is 0 Å². The van der Waals surface area contributed by atoms with Crippen LogP contribution >= 0.6 is 0 Å². The van der Waals surface area contributed by atoms with Crippen molar-refractivity contribution in [2.75, 3.05) is 0 Å². The molecule has 0 unspecified atom stereocenters. The van der Waals surface area contributed by atoms with Crippen LogP contribution in [0.15, 0.2) is 44.4 Å². The van der Waals surface area contributed by atoms with Crippen LogP contribution in [-0.2, 0) is 10.1 Å². The highest BCUT2D eigenvalue weighted by Crippen LogP contribution is 2.20. The van der Waals surface area contributed by atoms with Crippen molar-refractivity contribution in [2.45, 2.75) is 4.90 Å². The lowest BCUT2D eigenvalue weighted by atomic mass is 10.2. The molecule has 0 saturated heterocycles. The average molecular weight is 226 g/mol. The normalized spacial score (nSPS) is 11.8. The van der Waals surface area contributed by atoms with Gasteiger partial charge in [0.25, 0.3) is 10.1 Å². The summed E-state index contributed by atoms with van der Waals surface area (Å²) in [5.41, 5.74) is -0.695. The van der Waals surface area contributed by atoms with Gasteiger partial charge in [-0.3, -0.25) is 4.55 Å². The minimum Gasteiger partial charge on any atom is -0.423 e. The van der Waals surface area contributed by atoms with E-state index in [9.17, 15) is 13.2 Å². The number of benzene rings is 1. The summed E-state index contributed by atoms with van der Waals surface area (Å²) in [5, 5.41) is 0.180. The van der Waals surface area contributed by atoms with Crippen molar-refractivity contribution in [1.82, 2.24) is 0 Å². The summed E-state index contributed by atoms with van der Waals surface area (Å²) < 4.78 is 35.6. The summed E-state index contributed by atoms with van der Waals surface area (Å²) in [4.78, 5) is 10.6. The fourth-order valence-electron chi connectivity index (χ4n) is 1.30. The first-order chi connectivity index (χ1) is 6.98. The van der Waals surface area contributed by atoms with Gasteiger partial charge < -0.3 is 4.42 Å². The third kappa shape index (κ3) is 1.77. The first-order valence-electron chi connectivity index (χ1n) is 3.99. The van der Waals surface area contributed by atoms with Crippen molar-refractivity contribution in [3.63, 3.8) is 0 Å². The van der Waals surface area contributed by atoms with E-state index in [0.29, 0.717) is 0 Å². The quantitative estimate of drug-likeness (QED) is 0.580. The Morgan fingerprint density at radius 3 is 2.53 bits per heavy atom. The molecule has 2 aromatic rings. The largest absolute Gasteiger partial charge is 0.423 e. The highest BCUT2D eigenvalue weighted by Gasteiger charge is 2.15. The molecule has 0 bridgehead atoms. The first-order valence-corrected chi connectivity index (χ1v) is 5.43. The Hall–Kier alpha value is -1.66. The van der Waals surface area contributed by atoms with E-state index in [1.165, 1.54) is 12.1 Å². The molecular formula is C9H6O5S. The molecule has 0 saturated carbocycles. The van der Waals surface area contributed by atoms with Crippen LogP contribution in [0.5, 0.6) is 0 Å². The molecule has 1 aromatic heterocycles. The molecule has 0 amide bonds. The van der Waals surface area contributed by atoms with Crippen molar-refractivity contribution in [3.05, 3.63) is 40.8 Å². The van der Waals surface area contributed by atoms with Gasteiger partial charge in [-0.1, -0.05) is 12.1 Å². The van der Waals surface area contributed by atoms with Gasteiger partial charge >= 0.3 is 5.63 Å². The second-order valence-electron chi connectivity index (χ2n) is 2.90. The third-order valence-electron chi connectivity index (χ3n) is 1.89. The van der Waals surface area contributed by atoms with Gasteiger partial charge in [-0.2, -0.15) is 8.42 Å². The number of rotatable bonds is 1. The predicted molar refractivity (Wildman–Crippen MR) is 52.3 cm³/mol. The molecule has 1 heterocycles. The van der Waals surface area contributed by atoms with Crippen LogP contribution in [0.3, 0.4) is 0 Å². The Labute approximate surface area is 84.7 Å². The minimum absolute atomic E-state index is 0.123. The standard InChI is InChI=1S/C9H6O5S/c10-9-5-8(15(11,12)13)6-3-1-2-4-7(6)14-9/h1-5H,(H,11,12,13). The topological polar surface area (TPSA) is 84.6 Å². The maximum absolute atomic E-state index is 11.0. The van der Waals surface area contributed by atoms with Crippen LogP contribution in [0.2, 0.25) is 0 Å². The number of hydrogen-bond donors (Lipinski definition) is 1. The van der Waals surface area contributed by atoms with Gasteiger partial charge in [-0.15, -0.1) is 0 Å². The fourth-order valence-corrected chi connectivity index (χ4v) is 1.99. The van der Waals surface area contributed by atoms with Crippen LogP contribution in [0.1, 0.15) is 0 Å². The van der Waals surface area contributed by atoms with Crippen LogP contribution in [0.4, 0.5) is 0 Å². The molecule has 2 rings (SSSR count). The van der Waals surface area contributed by atoms with Crippen molar-refractivity contribution < 1.29 is 17.4 Å². The zero-order valence-corrected chi connectivity index (χ0v) is 8.19. The monoisotopic (exact) mass is 226 g/mol. The van der Waals surface area contributed by atoms with E-state index in [1.807, 2.05) is 0 Å². The Balaban J connectivity index is 3.02. The van der Waals surface area contributed by atoms with Crippen molar-refractivity contribution in [3.8, 4) is 0 Å². The highest BCUT2D eigenvalue weighted by molar-refractivity contribution is 7.86. The molecule has 5 nitrogen and oxygen atoms in total. The van der Waals surface area contributed by atoms with Gasteiger partial charge in [0.1, 0.15) is 10.5 Å². The van der Waals surface area contributed by atoms with E-state index in [-0.39, 0.29) is 11.0 Å². The summed E-state index contributed by atoms with van der Waals surface area (Å²) in [6.45, 7) is 0. The number of hydrogen-bond acceptors (Lipinski definition) is 4. The van der Waals surface area contributed by atoms with E-state index in [1.54, 1.807) is 12.1 Å². The van der Waals surface area contributed by atoms with Crippen LogP contribution in [0.25, 0.3) is 11.0 Å². The molecular weight excluding hydrogens is 220 g/mol. The van der Waals surface area contributed by atoms with Crippen LogP contribution in [-0.4, -0.2) is 13.0 Å². The highest BCUT2D eigenvalue weighted by atomic mass is 32.2. The lowest BCUT2D eigenvalue weighted by Crippen LogP contribution is -2.05. The SMILES string of the molecule is O=c1cc(S(=O)(=O)O)c2ccccc2o1. The summed E-state index contributed by atoms with van der Waals surface area (Å²) in [6, 6.07) is 6.82. The average Bonchev–Trinajstić information content (AvgIpc) is 2.15. The first kappa shape index (κ1) is 9.88. The van der Waals surface area contributed by atoms with E-state index >= 15 is 0 Å². The summed E-state index contributed by atoms with van der Waals surface area (Å²) in [5.74, 6) is 0. The predicted octanol–water partition coefficient (Wildman–Crippen LogP) is 1.04. The molecule has 1 N–H and O–H groups in total. The molecule has 0 aliphatic carbocycles. The van der Waals surface area contributed by atoms with Gasteiger partial charge in [0.2, 0.25) is 0 Å². The molecule has 0 spiro atoms. The molecule has 0 aliphatic rings. The fraction of sp³-hybridized carbons (Fsp3) is 0. The number of fused-ring (bicyclic) bond motifs is 1. The zero-order valence-electron chi connectivity index (χ0n) is 7.38. The van der Waals surface area contributed by atoms with Crippen molar-refractivity contribution >= 4 is 21.1 Å². The van der Waals surface area contributed by atoms with Gasteiger partial charge in [0, 0.05) is 11.5 Å². The maximum Gasteiger partial charge on any atom is 0.337 e. The van der Waals surface area contributed by atoms with E-state index in [0.717, 1.165) is 6.07 Å². The van der Waals surface area contributed by atoms with Crippen molar-refractivity contribution in [1.29, 1.82) is 0 Å². The van der Waals surface area contributed by atoms with Gasteiger partial charge in [0.05, 0.1) is 0 Å². The minimum atomic E-state index is -4.41. The molecule has 15 heavy (non-hydrogen) atoms. The Morgan fingerprint density at radius 2 is 1.87 bits per heavy atom. The summed E-state index contributed by atoms with van der Waals surface area (Å²) >= 11 is 0. The molecule has 78 valence electrons. The molecule has 6 heteroatoms. The Kier molecular flexibility index (Phi) is 2.09. The second-order valence-corrected chi connectivity index (χ2v) is 4.29. The van der Waals surface area contributed by atoms with Gasteiger partial charge in [-0.25, -0.2) is 4.79 Å². The van der Waals surface area contributed by atoms with E-state index in [4.69, 9.17) is 8.97 Å². The second kappa shape index (κ2) is 3.18. The zero-order chi connectivity index (χ0) is 11.1. The molecule has 0 atom stereocenters. The molecule has 0 fully saturated rings. The lowest BCUT2D eigenvalue weighted by molar-refractivity contribution is 0.481. The summed E-state index contributed by atoms with van der Waals surface area (Å²) in [7, 11) is -4.41. The third-order valence-corrected chi connectivity index (χ3v) is 2.78. The van der Waals surface area contributed by atoms with Crippen molar-refractivity contribution in [2.24, 2.45) is 0 Å². The van der Waals surface area contributed by atoms with E-state index < -0.39 is 20.6 Å².